The third kappa shape index (κ3) is 1.58. The van der Waals surface area contributed by atoms with Gasteiger partial charge < -0.3 is 0 Å². The van der Waals surface area contributed by atoms with Crippen molar-refractivity contribution in [2.45, 2.75) is 65.5 Å². The van der Waals surface area contributed by atoms with Crippen molar-refractivity contribution in [1.82, 2.24) is 5.32 Å². The highest BCUT2D eigenvalue weighted by atomic mass is 16.2. The second-order valence-corrected chi connectivity index (χ2v) is 6.80. The maximum atomic E-state index is 12.5. The molecule has 3 nitrogen and oxygen atoms in total. The van der Waals surface area contributed by atoms with Gasteiger partial charge >= 0.3 is 0 Å². The number of carbonyl (C=O) groups is 2. The van der Waals surface area contributed by atoms with Crippen molar-refractivity contribution in [2.24, 2.45) is 16.7 Å². The van der Waals surface area contributed by atoms with Crippen LogP contribution in [0.25, 0.3) is 0 Å². The molecule has 2 rings (SSSR count). The van der Waals surface area contributed by atoms with Crippen molar-refractivity contribution < 1.29 is 9.59 Å². The minimum absolute atomic E-state index is 0.0631. The lowest BCUT2D eigenvalue weighted by molar-refractivity contribution is -0.129. The van der Waals surface area contributed by atoms with Crippen molar-refractivity contribution in [3.63, 3.8) is 0 Å². The molecule has 3 unspecified atom stereocenters. The Bertz CT molecular complexity index is 414. The molecule has 2 aliphatic heterocycles. The maximum absolute atomic E-state index is 12.5. The van der Waals surface area contributed by atoms with E-state index >= 15 is 0 Å². The van der Waals surface area contributed by atoms with Gasteiger partial charge in [-0.2, -0.15) is 0 Å². The zero-order chi connectivity index (χ0) is 14.5. The zero-order valence-corrected chi connectivity index (χ0v) is 12.8. The van der Waals surface area contributed by atoms with Crippen molar-refractivity contribution in [3.05, 3.63) is 0 Å². The average molecular weight is 262 g/mol. The van der Waals surface area contributed by atoms with E-state index in [0.29, 0.717) is 0 Å². The van der Waals surface area contributed by atoms with Gasteiger partial charge in [-0.05, 0) is 23.7 Å². The molecule has 2 heterocycles. The van der Waals surface area contributed by atoms with Gasteiger partial charge in [0.25, 0.3) is 0 Å². The Balaban J connectivity index is 2.52. The highest BCUT2D eigenvalue weighted by Gasteiger charge is 2.71. The van der Waals surface area contributed by atoms with Crippen LogP contribution in [-0.2, 0) is 9.59 Å². The molecular weight excluding hydrogens is 237 g/mol. The monoisotopic (exact) mass is 262 g/mol. The van der Waals surface area contributed by atoms with Crippen LogP contribution in [0.15, 0.2) is 0 Å². The number of imide groups is 1. The summed E-state index contributed by atoms with van der Waals surface area (Å²) >= 11 is 0. The molecule has 1 spiro atoms. The van der Waals surface area contributed by atoms with Gasteiger partial charge in [0.15, 0.2) is 0 Å². The normalized spacial score (nSPS) is 38.1. The molecule has 0 bridgehead atoms. The summed E-state index contributed by atoms with van der Waals surface area (Å²) in [6.07, 6.45) is 3.71. The molecule has 0 aromatic heterocycles. The summed E-state index contributed by atoms with van der Waals surface area (Å²) in [5.74, 6) is -0.334. The van der Waals surface area contributed by atoms with Gasteiger partial charge in [0.2, 0.25) is 11.8 Å². The molecule has 2 saturated heterocycles. The van der Waals surface area contributed by atoms with E-state index in [1.165, 1.54) is 0 Å². The van der Waals surface area contributed by atoms with E-state index in [-0.39, 0.29) is 28.6 Å². The van der Waals surface area contributed by atoms with E-state index in [9.17, 15) is 9.59 Å². The highest BCUT2D eigenvalue weighted by molar-refractivity contribution is 6.55. The molecule has 1 radical (unpaired) electrons. The van der Waals surface area contributed by atoms with Crippen LogP contribution < -0.4 is 5.32 Å². The first-order valence-corrected chi connectivity index (χ1v) is 7.51. The number of hydrogen-bond donors (Lipinski definition) is 1. The van der Waals surface area contributed by atoms with E-state index in [1.807, 2.05) is 0 Å². The van der Waals surface area contributed by atoms with Crippen molar-refractivity contribution in [2.75, 3.05) is 0 Å². The van der Waals surface area contributed by atoms with E-state index in [2.05, 4.69) is 47.2 Å². The molecular formula is C15H25BNO2. The summed E-state index contributed by atoms with van der Waals surface area (Å²) in [6, 6.07) is 0. The number of rotatable bonds is 4. The molecule has 0 aliphatic carbocycles. The lowest BCUT2D eigenvalue weighted by Crippen LogP contribution is -2.58. The summed E-state index contributed by atoms with van der Waals surface area (Å²) in [4.78, 5) is 24.9. The van der Waals surface area contributed by atoms with Gasteiger partial charge in [-0.15, -0.1) is 0 Å². The standard InChI is InChI=1S/C15H25BNO2/c1-6-13(4,7-2)10-11(18)17-12(19)15(10)14(5,8-3)9-16-15/h10H,6-9H2,1-5H3,(H,17,18,19). The summed E-state index contributed by atoms with van der Waals surface area (Å²) in [5, 5.41) is 2.04. The Kier molecular flexibility index (Phi) is 3.35. The quantitative estimate of drug-likeness (QED) is 0.625. The molecule has 4 heteroatoms. The first kappa shape index (κ1) is 14.6. The molecule has 2 aliphatic rings. The average Bonchev–Trinajstić information content (AvgIpc) is 2.69. The van der Waals surface area contributed by atoms with E-state index < -0.39 is 5.31 Å². The molecule has 0 aromatic rings. The maximum Gasteiger partial charge on any atom is 0.230 e. The second-order valence-electron chi connectivity index (χ2n) is 6.80. The molecule has 19 heavy (non-hydrogen) atoms. The van der Waals surface area contributed by atoms with Gasteiger partial charge in [0, 0.05) is 5.31 Å². The van der Waals surface area contributed by atoms with Crippen LogP contribution in [0.1, 0.15) is 53.9 Å². The summed E-state index contributed by atoms with van der Waals surface area (Å²) in [6.45, 7) is 10.7. The Hall–Kier alpha value is -0.795. The van der Waals surface area contributed by atoms with Gasteiger partial charge in [-0.1, -0.05) is 47.4 Å². The molecule has 3 atom stereocenters. The third-order valence-corrected chi connectivity index (χ3v) is 6.30. The Morgan fingerprint density at radius 1 is 1.32 bits per heavy atom. The van der Waals surface area contributed by atoms with Crippen LogP contribution in [0.4, 0.5) is 0 Å². The first-order chi connectivity index (χ1) is 8.81. The molecule has 105 valence electrons. The van der Waals surface area contributed by atoms with Crippen molar-refractivity contribution >= 4 is 19.1 Å². The van der Waals surface area contributed by atoms with Crippen LogP contribution in [-0.4, -0.2) is 19.1 Å². The summed E-state index contributed by atoms with van der Waals surface area (Å²) in [5.41, 5.74) is -0.177. The topological polar surface area (TPSA) is 46.2 Å². The van der Waals surface area contributed by atoms with Gasteiger partial charge in [0.1, 0.15) is 7.28 Å². The fourth-order valence-corrected chi connectivity index (χ4v) is 4.09. The fourth-order valence-electron chi connectivity index (χ4n) is 4.09. The van der Waals surface area contributed by atoms with Gasteiger partial charge in [-0.3, -0.25) is 14.9 Å². The predicted octanol–water partition coefficient (Wildman–Crippen LogP) is 2.80. The SMILES string of the molecule is CCC(C)(CC)C1C(=O)NC(=O)C12[B]CC2(C)CC. The fraction of sp³-hybridized carbons (Fsp3) is 0.867. The van der Waals surface area contributed by atoms with Crippen molar-refractivity contribution in [3.8, 4) is 0 Å². The van der Waals surface area contributed by atoms with Crippen LogP contribution in [0.3, 0.4) is 0 Å². The zero-order valence-electron chi connectivity index (χ0n) is 12.8. The predicted molar refractivity (Wildman–Crippen MR) is 77.0 cm³/mol. The number of nitrogens with one attached hydrogen (secondary N) is 1. The van der Waals surface area contributed by atoms with E-state index in [0.717, 1.165) is 25.6 Å². The largest absolute Gasteiger partial charge is 0.296 e. The molecule has 2 fully saturated rings. The molecule has 0 saturated carbocycles. The van der Waals surface area contributed by atoms with Crippen molar-refractivity contribution in [1.29, 1.82) is 0 Å². The van der Waals surface area contributed by atoms with Crippen LogP contribution in [0, 0.1) is 16.7 Å². The lowest BCUT2D eigenvalue weighted by atomic mass is 9.22. The molecule has 0 aromatic carbocycles. The minimum atomic E-state index is -0.570. The Morgan fingerprint density at radius 2 is 1.89 bits per heavy atom. The molecule has 1 N–H and O–H groups in total. The van der Waals surface area contributed by atoms with Crippen LogP contribution in [0.5, 0.6) is 0 Å². The van der Waals surface area contributed by atoms with Gasteiger partial charge in [-0.25, -0.2) is 0 Å². The second kappa shape index (κ2) is 4.36. The number of amides is 2. The molecule has 2 amide bonds. The first-order valence-electron chi connectivity index (χ1n) is 7.51. The van der Waals surface area contributed by atoms with E-state index in [4.69, 9.17) is 0 Å². The Morgan fingerprint density at radius 3 is 2.26 bits per heavy atom. The van der Waals surface area contributed by atoms with E-state index in [1.54, 1.807) is 0 Å². The van der Waals surface area contributed by atoms with Crippen LogP contribution in [0.2, 0.25) is 11.6 Å². The van der Waals surface area contributed by atoms with Gasteiger partial charge in [0.05, 0.1) is 5.92 Å². The number of carbonyl (C=O) groups excluding carboxylic acids is 2. The summed E-state index contributed by atoms with van der Waals surface area (Å²) in [7, 11) is 2.10. The lowest BCUT2D eigenvalue weighted by Gasteiger charge is -2.59. The third-order valence-electron chi connectivity index (χ3n) is 6.30. The minimum Gasteiger partial charge on any atom is -0.296 e. The van der Waals surface area contributed by atoms with Crippen LogP contribution >= 0.6 is 0 Å². The summed E-state index contributed by atoms with van der Waals surface area (Å²) < 4.78 is 0. The number of hydrogen-bond acceptors (Lipinski definition) is 2. The smallest absolute Gasteiger partial charge is 0.230 e. The highest BCUT2D eigenvalue weighted by Crippen LogP contribution is 2.69. The Labute approximate surface area is 117 Å².